The smallest absolute Gasteiger partial charge is 0.134 e. The largest absolute Gasteiger partial charge is 0.461 e. The van der Waals surface area contributed by atoms with Crippen LogP contribution in [0.15, 0.2) is 28.7 Å². The highest BCUT2D eigenvalue weighted by atomic mass is 16.3. The molecule has 4 rings (SSSR count). The van der Waals surface area contributed by atoms with Gasteiger partial charge in [-0.15, -0.1) is 10.2 Å². The van der Waals surface area contributed by atoms with Gasteiger partial charge in [-0.1, -0.05) is 25.1 Å². The standard InChI is InChI=1S/C19H24N4O/c1-3-17-16(15-6-4-5-7-18(15)24-17)11-20-10-14-8-9-19-22-21-13(2)23(19)12-14/h4-7,14,20H,3,8-12H2,1-2H3/t14-/m1/s1. The second-order valence-electron chi connectivity index (χ2n) is 6.66. The van der Waals surface area contributed by atoms with Crippen LogP contribution in [0, 0.1) is 12.8 Å². The minimum Gasteiger partial charge on any atom is -0.461 e. The van der Waals surface area contributed by atoms with Crippen molar-refractivity contribution in [1.29, 1.82) is 0 Å². The van der Waals surface area contributed by atoms with E-state index in [1.165, 1.54) is 17.4 Å². The average Bonchev–Trinajstić information content (AvgIpc) is 3.16. The summed E-state index contributed by atoms with van der Waals surface area (Å²) < 4.78 is 8.25. The van der Waals surface area contributed by atoms with Gasteiger partial charge in [0.25, 0.3) is 0 Å². The van der Waals surface area contributed by atoms with E-state index < -0.39 is 0 Å². The molecular weight excluding hydrogens is 300 g/mol. The van der Waals surface area contributed by atoms with Crippen LogP contribution in [0.4, 0.5) is 0 Å². The van der Waals surface area contributed by atoms with Crippen molar-refractivity contribution in [3.8, 4) is 0 Å². The van der Waals surface area contributed by atoms with Crippen LogP contribution in [0.1, 0.15) is 36.3 Å². The first-order chi connectivity index (χ1) is 11.8. The van der Waals surface area contributed by atoms with Gasteiger partial charge in [-0.2, -0.15) is 0 Å². The first-order valence-electron chi connectivity index (χ1n) is 8.85. The van der Waals surface area contributed by atoms with Gasteiger partial charge >= 0.3 is 0 Å². The van der Waals surface area contributed by atoms with Gasteiger partial charge in [-0.3, -0.25) is 0 Å². The van der Waals surface area contributed by atoms with Crippen molar-refractivity contribution in [3.05, 3.63) is 47.2 Å². The molecule has 0 radical (unpaired) electrons. The topological polar surface area (TPSA) is 55.9 Å². The van der Waals surface area contributed by atoms with Gasteiger partial charge in [0.05, 0.1) is 0 Å². The summed E-state index contributed by atoms with van der Waals surface area (Å²) in [6.45, 7) is 7.09. The van der Waals surface area contributed by atoms with Crippen LogP contribution < -0.4 is 5.32 Å². The van der Waals surface area contributed by atoms with Crippen LogP contribution in [0.3, 0.4) is 0 Å². The van der Waals surface area contributed by atoms with Crippen LogP contribution in [-0.4, -0.2) is 21.3 Å². The second-order valence-corrected chi connectivity index (χ2v) is 6.66. The van der Waals surface area contributed by atoms with Crippen molar-refractivity contribution in [3.63, 3.8) is 0 Å². The Labute approximate surface area is 142 Å². The van der Waals surface area contributed by atoms with Gasteiger partial charge < -0.3 is 14.3 Å². The molecule has 0 saturated carbocycles. The van der Waals surface area contributed by atoms with Crippen LogP contribution in [0.25, 0.3) is 11.0 Å². The first-order valence-corrected chi connectivity index (χ1v) is 8.85. The van der Waals surface area contributed by atoms with Crippen molar-refractivity contribution < 1.29 is 4.42 Å². The minimum atomic E-state index is 0.635. The highest BCUT2D eigenvalue weighted by Crippen LogP contribution is 2.26. The summed E-state index contributed by atoms with van der Waals surface area (Å²) in [5.74, 6) is 3.90. The summed E-state index contributed by atoms with van der Waals surface area (Å²) in [4.78, 5) is 0. The molecule has 1 aliphatic rings. The Hall–Kier alpha value is -2.14. The number of nitrogens with zero attached hydrogens (tertiary/aromatic N) is 3. The van der Waals surface area contributed by atoms with E-state index >= 15 is 0 Å². The number of fused-ring (bicyclic) bond motifs is 2. The zero-order valence-corrected chi connectivity index (χ0v) is 14.4. The lowest BCUT2D eigenvalue weighted by Crippen LogP contribution is -2.30. The summed E-state index contributed by atoms with van der Waals surface area (Å²) >= 11 is 0. The molecular formula is C19H24N4O. The van der Waals surface area contributed by atoms with E-state index in [0.29, 0.717) is 5.92 Å². The van der Waals surface area contributed by atoms with Gasteiger partial charge in [0.15, 0.2) is 0 Å². The Morgan fingerprint density at radius 2 is 2.17 bits per heavy atom. The molecule has 1 N–H and O–H groups in total. The molecule has 0 unspecified atom stereocenters. The maximum atomic E-state index is 5.98. The molecule has 1 aromatic carbocycles. The maximum absolute atomic E-state index is 5.98. The van der Waals surface area contributed by atoms with Crippen molar-refractivity contribution in [2.45, 2.75) is 46.2 Å². The molecule has 5 nitrogen and oxygen atoms in total. The fourth-order valence-electron chi connectivity index (χ4n) is 3.73. The normalized spacial score (nSPS) is 17.3. The molecule has 5 heteroatoms. The molecule has 3 heterocycles. The van der Waals surface area contributed by atoms with Crippen LogP contribution in [0.5, 0.6) is 0 Å². The number of hydrogen-bond acceptors (Lipinski definition) is 4. The Balaban J connectivity index is 1.42. The highest BCUT2D eigenvalue weighted by molar-refractivity contribution is 5.82. The van der Waals surface area contributed by atoms with Gasteiger partial charge in [0.2, 0.25) is 0 Å². The molecule has 0 fully saturated rings. The molecule has 0 bridgehead atoms. The van der Waals surface area contributed by atoms with Gasteiger partial charge in [0, 0.05) is 36.9 Å². The third-order valence-corrected chi connectivity index (χ3v) is 5.07. The van der Waals surface area contributed by atoms with Gasteiger partial charge in [0.1, 0.15) is 23.0 Å². The third kappa shape index (κ3) is 2.73. The number of hydrogen-bond donors (Lipinski definition) is 1. The van der Waals surface area contributed by atoms with Gasteiger partial charge in [-0.25, -0.2) is 0 Å². The summed E-state index contributed by atoms with van der Waals surface area (Å²) in [5.41, 5.74) is 2.30. The van der Waals surface area contributed by atoms with Crippen molar-refractivity contribution in [2.24, 2.45) is 5.92 Å². The highest BCUT2D eigenvalue weighted by Gasteiger charge is 2.21. The molecule has 24 heavy (non-hydrogen) atoms. The third-order valence-electron chi connectivity index (χ3n) is 5.07. The lowest BCUT2D eigenvalue weighted by molar-refractivity contribution is 0.344. The van der Waals surface area contributed by atoms with E-state index in [0.717, 1.165) is 55.5 Å². The van der Waals surface area contributed by atoms with Crippen molar-refractivity contribution >= 4 is 11.0 Å². The average molecular weight is 324 g/mol. The van der Waals surface area contributed by atoms with E-state index in [4.69, 9.17) is 4.42 Å². The number of para-hydroxylation sites is 1. The molecule has 2 aromatic heterocycles. The Bertz CT molecular complexity index is 848. The van der Waals surface area contributed by atoms with Crippen LogP contribution in [-0.2, 0) is 25.9 Å². The van der Waals surface area contributed by atoms with Gasteiger partial charge in [-0.05, 0) is 31.9 Å². The molecule has 1 atom stereocenters. The number of aromatic nitrogens is 3. The summed E-state index contributed by atoms with van der Waals surface area (Å²) in [5, 5.41) is 13.3. The van der Waals surface area contributed by atoms with Crippen molar-refractivity contribution in [2.75, 3.05) is 6.54 Å². The molecule has 1 aliphatic heterocycles. The monoisotopic (exact) mass is 324 g/mol. The SMILES string of the molecule is CCc1oc2ccccc2c1CNC[C@H]1CCc2nnc(C)n2C1. The van der Waals surface area contributed by atoms with E-state index in [2.05, 4.69) is 45.2 Å². The fourth-order valence-corrected chi connectivity index (χ4v) is 3.73. The fraction of sp³-hybridized carbons (Fsp3) is 0.474. The molecule has 0 saturated heterocycles. The number of nitrogens with one attached hydrogen (secondary N) is 1. The predicted octanol–water partition coefficient (Wildman–Crippen LogP) is 3.25. The number of benzene rings is 1. The summed E-state index contributed by atoms with van der Waals surface area (Å²) in [6, 6.07) is 8.32. The molecule has 0 spiro atoms. The lowest BCUT2D eigenvalue weighted by Gasteiger charge is -2.24. The quantitative estimate of drug-likeness (QED) is 0.783. The number of rotatable bonds is 5. The van der Waals surface area contributed by atoms with Crippen LogP contribution in [0.2, 0.25) is 0 Å². The van der Waals surface area contributed by atoms with E-state index in [1.54, 1.807) is 0 Å². The number of aryl methyl sites for hydroxylation is 3. The molecule has 126 valence electrons. The zero-order valence-electron chi connectivity index (χ0n) is 14.4. The second kappa shape index (κ2) is 6.40. The number of furan rings is 1. The predicted molar refractivity (Wildman–Crippen MR) is 93.9 cm³/mol. The first kappa shape index (κ1) is 15.4. The Kier molecular flexibility index (Phi) is 4.10. The molecule has 3 aromatic rings. The summed E-state index contributed by atoms with van der Waals surface area (Å²) in [7, 11) is 0. The van der Waals surface area contributed by atoms with Crippen LogP contribution >= 0.6 is 0 Å². The molecule has 0 amide bonds. The molecule has 0 aliphatic carbocycles. The Morgan fingerprint density at radius 1 is 1.29 bits per heavy atom. The lowest BCUT2D eigenvalue weighted by atomic mass is 9.99. The van der Waals surface area contributed by atoms with E-state index in [1.807, 2.05) is 13.0 Å². The van der Waals surface area contributed by atoms with E-state index in [-0.39, 0.29) is 0 Å². The van der Waals surface area contributed by atoms with E-state index in [9.17, 15) is 0 Å². The maximum Gasteiger partial charge on any atom is 0.134 e. The van der Waals surface area contributed by atoms with Crippen molar-refractivity contribution in [1.82, 2.24) is 20.1 Å². The Morgan fingerprint density at radius 3 is 3.04 bits per heavy atom. The minimum absolute atomic E-state index is 0.635. The summed E-state index contributed by atoms with van der Waals surface area (Å²) in [6.07, 6.45) is 3.14. The zero-order chi connectivity index (χ0) is 16.5.